The molecule has 1 saturated heterocycles. The van der Waals surface area contributed by atoms with Gasteiger partial charge in [0.05, 0.1) is 6.54 Å². The Morgan fingerprint density at radius 3 is 2.46 bits per heavy atom. The molecule has 8 bridgehead atoms. The average molecular weight is 472 g/mol. The lowest BCUT2D eigenvalue weighted by Crippen LogP contribution is -2.49. The molecule has 1 fully saturated rings. The minimum atomic E-state index is 0.188. The van der Waals surface area contributed by atoms with E-state index in [9.17, 15) is 4.79 Å². The van der Waals surface area contributed by atoms with Gasteiger partial charge < -0.3 is 15.5 Å². The van der Waals surface area contributed by atoms with Gasteiger partial charge in [-0.25, -0.2) is 9.97 Å². The van der Waals surface area contributed by atoms with Crippen molar-refractivity contribution < 1.29 is 4.79 Å². The zero-order valence-corrected chi connectivity index (χ0v) is 20.3. The number of rotatable bonds is 0. The van der Waals surface area contributed by atoms with Crippen LogP contribution in [-0.2, 0) is 11.3 Å². The quantitative estimate of drug-likeness (QED) is 0.521. The lowest BCUT2D eigenvalue weighted by molar-refractivity contribution is -0.131. The molecule has 3 aromatic rings. The number of likely N-dealkylation sites (N-methyl/N-ethyl adjacent to an activating group) is 1. The van der Waals surface area contributed by atoms with Gasteiger partial charge in [-0.05, 0) is 53.9 Å². The number of hydrogen-bond donors (Lipinski definition) is 2. The van der Waals surface area contributed by atoms with E-state index in [0.717, 1.165) is 80.7 Å². The van der Waals surface area contributed by atoms with Crippen molar-refractivity contribution in [3.8, 4) is 11.1 Å². The second kappa shape index (κ2) is 10.8. The average Bonchev–Trinajstić information content (AvgIpc) is 2.88. The van der Waals surface area contributed by atoms with E-state index in [4.69, 9.17) is 0 Å². The van der Waals surface area contributed by atoms with Crippen molar-refractivity contribution >= 4 is 23.2 Å². The highest BCUT2D eigenvalue weighted by molar-refractivity contribution is 5.78. The maximum Gasteiger partial charge on any atom is 0.236 e. The van der Waals surface area contributed by atoms with Crippen LogP contribution in [0.2, 0.25) is 0 Å². The number of nitrogens with zero attached hydrogens (tertiary/aromatic N) is 5. The predicted octanol–water partition coefficient (Wildman–Crippen LogP) is 3.28. The molecule has 35 heavy (non-hydrogen) atoms. The van der Waals surface area contributed by atoms with Gasteiger partial charge in [0.25, 0.3) is 0 Å². The molecule has 8 nitrogen and oxygen atoms in total. The van der Waals surface area contributed by atoms with Crippen LogP contribution in [0.15, 0.2) is 60.9 Å². The molecule has 0 saturated carbocycles. The van der Waals surface area contributed by atoms with Gasteiger partial charge in [-0.2, -0.15) is 0 Å². The Bertz CT molecular complexity index is 1140. The number of piperazine rings is 1. The molecular weight excluding hydrogens is 438 g/mol. The van der Waals surface area contributed by atoms with Gasteiger partial charge in [0.1, 0.15) is 11.6 Å². The number of hydrogen-bond acceptors (Lipinski definition) is 7. The molecule has 5 aliphatic rings. The fraction of sp³-hybridized carbons (Fsp3) is 0.370. The summed E-state index contributed by atoms with van der Waals surface area (Å²) >= 11 is 0. The van der Waals surface area contributed by atoms with Crippen LogP contribution < -0.4 is 10.6 Å². The SMILES string of the molecule is CN1CCCNc2ccc(cn2)-c2ccnc(c2)Nc2cccc(c2)CN2CCN(CC2)CC1=O. The number of nitrogens with one attached hydrogen (secondary N) is 2. The third-order valence-electron chi connectivity index (χ3n) is 6.69. The molecule has 0 spiro atoms. The Labute approximate surface area is 207 Å². The summed E-state index contributed by atoms with van der Waals surface area (Å²) in [5.74, 6) is 1.83. The van der Waals surface area contributed by atoms with Crippen LogP contribution in [-0.4, -0.2) is 83.4 Å². The molecule has 8 heteroatoms. The number of anilines is 3. The van der Waals surface area contributed by atoms with E-state index in [0.29, 0.717) is 6.54 Å². The molecule has 0 atom stereocenters. The molecule has 0 radical (unpaired) electrons. The Balaban J connectivity index is 1.36. The van der Waals surface area contributed by atoms with Crippen LogP contribution in [0, 0.1) is 0 Å². The molecular formula is C27H33N7O. The first-order chi connectivity index (χ1) is 17.1. The zero-order chi connectivity index (χ0) is 24.0. The lowest BCUT2D eigenvalue weighted by Gasteiger charge is -2.35. The molecule has 1 amide bonds. The maximum absolute atomic E-state index is 12.7. The van der Waals surface area contributed by atoms with Crippen molar-refractivity contribution in [2.45, 2.75) is 13.0 Å². The van der Waals surface area contributed by atoms with E-state index in [-0.39, 0.29) is 5.91 Å². The fourth-order valence-corrected chi connectivity index (χ4v) is 4.58. The molecule has 0 aliphatic carbocycles. The topological polar surface area (TPSA) is 76.6 Å². The van der Waals surface area contributed by atoms with Gasteiger partial charge in [-0.3, -0.25) is 14.6 Å². The van der Waals surface area contributed by atoms with E-state index < -0.39 is 0 Å². The molecule has 7 heterocycles. The highest BCUT2D eigenvalue weighted by Crippen LogP contribution is 2.24. The summed E-state index contributed by atoms with van der Waals surface area (Å²) in [4.78, 5) is 28.4. The summed E-state index contributed by atoms with van der Waals surface area (Å²) < 4.78 is 0. The number of benzene rings is 1. The standard InChI is InChI=1S/C27H33N7O/c1-32-11-3-9-28-25-7-6-23(18-30-25)22-8-10-29-26(17-22)31-24-5-2-4-21(16-24)19-33-12-14-34(15-13-33)20-27(32)35/h2,4-8,10,16-18H,3,9,11-15,19-20H2,1H3,(H,28,30)(H,29,31). The monoisotopic (exact) mass is 471 g/mol. The van der Waals surface area contributed by atoms with Crippen molar-refractivity contribution in [2.75, 3.05) is 63.5 Å². The summed E-state index contributed by atoms with van der Waals surface area (Å²) in [6, 6.07) is 16.6. The molecule has 1 aromatic carbocycles. The van der Waals surface area contributed by atoms with Gasteiger partial charge in [0, 0.05) is 76.5 Å². The fourth-order valence-electron chi connectivity index (χ4n) is 4.58. The number of carbonyl (C=O) groups excluding carboxylic acids is 1. The summed E-state index contributed by atoms with van der Waals surface area (Å²) in [6.07, 6.45) is 4.58. The number of amides is 1. The molecule has 182 valence electrons. The minimum Gasteiger partial charge on any atom is -0.370 e. The van der Waals surface area contributed by atoms with Crippen molar-refractivity contribution in [3.63, 3.8) is 0 Å². The predicted molar refractivity (Wildman–Crippen MR) is 140 cm³/mol. The van der Waals surface area contributed by atoms with Gasteiger partial charge >= 0.3 is 0 Å². The summed E-state index contributed by atoms with van der Waals surface area (Å²) in [7, 11) is 1.90. The van der Waals surface area contributed by atoms with Gasteiger partial charge in [0.2, 0.25) is 5.91 Å². The first kappa shape index (κ1) is 23.3. The van der Waals surface area contributed by atoms with E-state index in [1.54, 1.807) is 0 Å². The third-order valence-corrected chi connectivity index (χ3v) is 6.69. The number of carbonyl (C=O) groups is 1. The summed E-state index contributed by atoms with van der Waals surface area (Å²) in [5, 5.41) is 6.82. The molecule has 8 rings (SSSR count). The second-order valence-electron chi connectivity index (χ2n) is 9.34. The van der Waals surface area contributed by atoms with Crippen molar-refractivity contribution in [1.82, 2.24) is 24.7 Å². The van der Waals surface area contributed by atoms with Crippen molar-refractivity contribution in [1.29, 1.82) is 0 Å². The van der Waals surface area contributed by atoms with E-state index in [2.05, 4.69) is 66.8 Å². The molecule has 2 N–H and O–H groups in total. The molecule has 2 aromatic heterocycles. The van der Waals surface area contributed by atoms with Gasteiger partial charge in [-0.1, -0.05) is 12.1 Å². The Kier molecular flexibility index (Phi) is 7.20. The smallest absolute Gasteiger partial charge is 0.236 e. The normalized spacial score (nSPS) is 21.3. The van der Waals surface area contributed by atoms with Crippen molar-refractivity contribution in [2.24, 2.45) is 0 Å². The summed E-state index contributed by atoms with van der Waals surface area (Å²) in [5.41, 5.74) is 4.39. The van der Waals surface area contributed by atoms with Crippen molar-refractivity contribution in [3.05, 3.63) is 66.5 Å². The summed E-state index contributed by atoms with van der Waals surface area (Å²) in [6.45, 7) is 6.65. The Morgan fingerprint density at radius 1 is 0.829 bits per heavy atom. The molecule has 5 aliphatic heterocycles. The van der Waals surface area contributed by atoms with Gasteiger partial charge in [-0.15, -0.1) is 0 Å². The lowest BCUT2D eigenvalue weighted by atomic mass is 10.1. The third kappa shape index (κ3) is 6.15. The van der Waals surface area contributed by atoms with Crippen LogP contribution in [0.1, 0.15) is 12.0 Å². The van der Waals surface area contributed by atoms with Gasteiger partial charge in [0.15, 0.2) is 0 Å². The van der Waals surface area contributed by atoms with Crippen LogP contribution in [0.4, 0.5) is 17.3 Å². The maximum atomic E-state index is 12.7. The molecule has 0 unspecified atom stereocenters. The largest absolute Gasteiger partial charge is 0.370 e. The van der Waals surface area contributed by atoms with Crippen LogP contribution in [0.25, 0.3) is 11.1 Å². The second-order valence-corrected chi connectivity index (χ2v) is 9.34. The van der Waals surface area contributed by atoms with Crippen LogP contribution in [0.5, 0.6) is 0 Å². The Morgan fingerprint density at radius 2 is 1.66 bits per heavy atom. The first-order valence-electron chi connectivity index (χ1n) is 12.3. The Hall–Kier alpha value is -3.49. The highest BCUT2D eigenvalue weighted by atomic mass is 16.2. The first-order valence-corrected chi connectivity index (χ1v) is 12.3. The minimum absolute atomic E-state index is 0.188. The van der Waals surface area contributed by atoms with Crippen LogP contribution >= 0.6 is 0 Å². The van der Waals surface area contributed by atoms with E-state index >= 15 is 0 Å². The number of aromatic nitrogens is 2. The highest BCUT2D eigenvalue weighted by Gasteiger charge is 2.20. The van der Waals surface area contributed by atoms with E-state index in [1.165, 1.54) is 5.56 Å². The number of pyridine rings is 2. The van der Waals surface area contributed by atoms with E-state index in [1.807, 2.05) is 36.5 Å². The zero-order valence-electron chi connectivity index (χ0n) is 20.3. The van der Waals surface area contributed by atoms with Crippen LogP contribution in [0.3, 0.4) is 0 Å².